The summed E-state index contributed by atoms with van der Waals surface area (Å²) in [6.07, 6.45) is 1.53. The van der Waals surface area contributed by atoms with Crippen LogP contribution in [0.3, 0.4) is 0 Å². The minimum absolute atomic E-state index is 0.199. The van der Waals surface area contributed by atoms with E-state index < -0.39 is 0 Å². The lowest BCUT2D eigenvalue weighted by molar-refractivity contribution is 0.627. The SMILES string of the molecule is O=c1[nH]c(/C(Cl)=C/c2cccc(F)c2)nc2cc(Cl)ccc12. The number of benzene rings is 2. The first-order valence-electron chi connectivity index (χ1n) is 6.36. The van der Waals surface area contributed by atoms with E-state index in [1.165, 1.54) is 18.2 Å². The summed E-state index contributed by atoms with van der Waals surface area (Å²) in [7, 11) is 0. The molecule has 0 radical (unpaired) electrons. The number of fused-ring (bicyclic) bond motifs is 1. The van der Waals surface area contributed by atoms with Crippen molar-refractivity contribution < 1.29 is 4.39 Å². The zero-order chi connectivity index (χ0) is 15.7. The first-order chi connectivity index (χ1) is 10.5. The first-order valence-corrected chi connectivity index (χ1v) is 7.11. The van der Waals surface area contributed by atoms with E-state index in [-0.39, 0.29) is 22.2 Å². The van der Waals surface area contributed by atoms with Gasteiger partial charge < -0.3 is 4.98 Å². The molecule has 0 fully saturated rings. The average molecular weight is 335 g/mol. The van der Waals surface area contributed by atoms with Gasteiger partial charge in [0.1, 0.15) is 5.82 Å². The van der Waals surface area contributed by atoms with Crippen LogP contribution >= 0.6 is 23.2 Å². The summed E-state index contributed by atoms with van der Waals surface area (Å²) in [5.41, 5.74) is 0.693. The molecule has 6 heteroatoms. The summed E-state index contributed by atoms with van der Waals surface area (Å²) in [5.74, 6) is -0.171. The van der Waals surface area contributed by atoms with Crippen LogP contribution < -0.4 is 5.56 Å². The van der Waals surface area contributed by atoms with Crippen molar-refractivity contribution in [1.82, 2.24) is 9.97 Å². The van der Waals surface area contributed by atoms with Crippen molar-refractivity contribution in [3.05, 3.63) is 75.0 Å². The first kappa shape index (κ1) is 14.8. The Kier molecular flexibility index (Phi) is 3.96. The molecule has 1 aromatic heterocycles. The van der Waals surface area contributed by atoms with E-state index in [9.17, 15) is 9.18 Å². The predicted octanol–water partition coefficient (Wildman–Crippen LogP) is 4.45. The van der Waals surface area contributed by atoms with E-state index in [0.29, 0.717) is 21.5 Å². The van der Waals surface area contributed by atoms with Crippen LogP contribution in [0, 0.1) is 5.82 Å². The lowest BCUT2D eigenvalue weighted by Crippen LogP contribution is -2.10. The number of hydrogen-bond acceptors (Lipinski definition) is 2. The molecular formula is C16H9Cl2FN2O. The van der Waals surface area contributed by atoms with Crippen LogP contribution in [0.25, 0.3) is 22.0 Å². The highest BCUT2D eigenvalue weighted by atomic mass is 35.5. The lowest BCUT2D eigenvalue weighted by Gasteiger charge is -2.03. The van der Waals surface area contributed by atoms with Gasteiger partial charge in [-0.15, -0.1) is 0 Å². The van der Waals surface area contributed by atoms with Crippen LogP contribution in [0.1, 0.15) is 11.4 Å². The minimum Gasteiger partial charge on any atom is -0.305 e. The number of hydrogen-bond donors (Lipinski definition) is 1. The Bertz CT molecular complexity index is 950. The Morgan fingerprint density at radius 1 is 1.23 bits per heavy atom. The number of rotatable bonds is 2. The van der Waals surface area contributed by atoms with Crippen molar-refractivity contribution >= 4 is 45.2 Å². The topological polar surface area (TPSA) is 45.8 Å². The quantitative estimate of drug-likeness (QED) is 0.752. The molecule has 0 bridgehead atoms. The van der Waals surface area contributed by atoms with E-state index in [4.69, 9.17) is 23.2 Å². The molecule has 0 aliphatic heterocycles. The molecule has 22 heavy (non-hydrogen) atoms. The zero-order valence-electron chi connectivity index (χ0n) is 11.1. The van der Waals surface area contributed by atoms with Gasteiger partial charge >= 0.3 is 0 Å². The van der Waals surface area contributed by atoms with Crippen molar-refractivity contribution in [2.24, 2.45) is 0 Å². The van der Waals surface area contributed by atoms with Gasteiger partial charge in [0.2, 0.25) is 0 Å². The number of aromatic nitrogens is 2. The van der Waals surface area contributed by atoms with Gasteiger partial charge in [0.15, 0.2) is 5.82 Å². The summed E-state index contributed by atoms with van der Waals surface area (Å²) < 4.78 is 13.2. The second-order valence-electron chi connectivity index (χ2n) is 4.62. The average Bonchev–Trinajstić information content (AvgIpc) is 2.46. The minimum atomic E-state index is -0.370. The second-order valence-corrected chi connectivity index (χ2v) is 5.47. The van der Waals surface area contributed by atoms with Crippen LogP contribution in [0.2, 0.25) is 5.02 Å². The van der Waals surface area contributed by atoms with Gasteiger partial charge in [-0.05, 0) is 42.0 Å². The van der Waals surface area contributed by atoms with Crippen molar-refractivity contribution in [3.8, 4) is 0 Å². The van der Waals surface area contributed by atoms with E-state index in [0.717, 1.165) is 0 Å². The van der Waals surface area contributed by atoms with Gasteiger partial charge in [0.25, 0.3) is 5.56 Å². The summed E-state index contributed by atoms with van der Waals surface area (Å²) in [6, 6.07) is 10.7. The van der Waals surface area contributed by atoms with Gasteiger partial charge in [0, 0.05) is 5.02 Å². The third kappa shape index (κ3) is 3.03. The molecule has 3 rings (SSSR count). The van der Waals surface area contributed by atoms with Crippen LogP contribution in [-0.4, -0.2) is 9.97 Å². The summed E-state index contributed by atoms with van der Waals surface area (Å²) in [6.45, 7) is 0. The maximum atomic E-state index is 13.2. The number of H-pyrrole nitrogens is 1. The fourth-order valence-electron chi connectivity index (χ4n) is 2.04. The highest BCUT2D eigenvalue weighted by Crippen LogP contribution is 2.21. The molecule has 0 unspecified atom stereocenters. The maximum Gasteiger partial charge on any atom is 0.259 e. The summed E-state index contributed by atoms with van der Waals surface area (Å²) in [5, 5.41) is 1.09. The van der Waals surface area contributed by atoms with Crippen LogP contribution in [0.5, 0.6) is 0 Å². The fraction of sp³-hybridized carbons (Fsp3) is 0. The summed E-state index contributed by atoms with van der Waals surface area (Å²) in [4.78, 5) is 18.9. The normalized spacial score (nSPS) is 11.9. The molecule has 0 saturated heterocycles. The molecule has 0 spiro atoms. The molecule has 110 valence electrons. The lowest BCUT2D eigenvalue weighted by atomic mass is 10.2. The smallest absolute Gasteiger partial charge is 0.259 e. The molecule has 1 heterocycles. The third-order valence-electron chi connectivity index (χ3n) is 3.04. The standard InChI is InChI=1S/C16H9Cl2FN2O/c17-10-4-5-12-14(8-10)20-15(21-16(12)22)13(18)7-9-2-1-3-11(19)6-9/h1-8H,(H,20,21,22)/b13-7-. The van der Waals surface area contributed by atoms with E-state index in [1.54, 1.807) is 30.3 Å². The highest BCUT2D eigenvalue weighted by molar-refractivity contribution is 6.50. The summed E-state index contributed by atoms with van der Waals surface area (Å²) >= 11 is 12.1. The van der Waals surface area contributed by atoms with Gasteiger partial charge in [0.05, 0.1) is 15.9 Å². The Morgan fingerprint density at radius 2 is 2.05 bits per heavy atom. The molecule has 0 aliphatic carbocycles. The number of nitrogens with zero attached hydrogens (tertiary/aromatic N) is 1. The zero-order valence-corrected chi connectivity index (χ0v) is 12.6. The van der Waals surface area contributed by atoms with E-state index >= 15 is 0 Å². The Morgan fingerprint density at radius 3 is 2.82 bits per heavy atom. The monoisotopic (exact) mass is 334 g/mol. The van der Waals surface area contributed by atoms with E-state index in [1.807, 2.05) is 0 Å². The molecule has 0 amide bonds. The van der Waals surface area contributed by atoms with Crippen molar-refractivity contribution in [1.29, 1.82) is 0 Å². The molecule has 0 atom stereocenters. The van der Waals surface area contributed by atoms with Crippen molar-refractivity contribution in [3.63, 3.8) is 0 Å². The van der Waals surface area contributed by atoms with Crippen molar-refractivity contribution in [2.45, 2.75) is 0 Å². The Labute approximate surface area is 135 Å². The molecule has 3 aromatic rings. The second kappa shape index (κ2) is 5.91. The molecule has 3 nitrogen and oxygen atoms in total. The maximum absolute atomic E-state index is 13.2. The van der Waals surface area contributed by atoms with Gasteiger partial charge in [-0.25, -0.2) is 9.37 Å². The fourth-order valence-corrected chi connectivity index (χ4v) is 2.42. The number of aromatic amines is 1. The van der Waals surface area contributed by atoms with E-state index in [2.05, 4.69) is 9.97 Å². The molecule has 0 saturated carbocycles. The molecule has 2 aromatic carbocycles. The number of nitrogens with one attached hydrogen (secondary N) is 1. The van der Waals surface area contributed by atoms with Gasteiger partial charge in [-0.1, -0.05) is 35.3 Å². The Hall–Kier alpha value is -2.17. The molecule has 0 aliphatic rings. The van der Waals surface area contributed by atoms with Crippen molar-refractivity contribution in [2.75, 3.05) is 0 Å². The van der Waals surface area contributed by atoms with Crippen LogP contribution in [-0.2, 0) is 0 Å². The third-order valence-corrected chi connectivity index (χ3v) is 3.56. The van der Waals surface area contributed by atoms with Crippen LogP contribution in [0.4, 0.5) is 4.39 Å². The van der Waals surface area contributed by atoms with Gasteiger partial charge in [-0.2, -0.15) is 0 Å². The number of halogens is 3. The largest absolute Gasteiger partial charge is 0.305 e. The van der Waals surface area contributed by atoms with Gasteiger partial charge in [-0.3, -0.25) is 4.79 Å². The molecule has 1 N–H and O–H groups in total. The van der Waals surface area contributed by atoms with Crippen LogP contribution in [0.15, 0.2) is 47.3 Å². The Balaban J connectivity index is 2.11. The highest BCUT2D eigenvalue weighted by Gasteiger charge is 2.07. The predicted molar refractivity (Wildman–Crippen MR) is 87.5 cm³/mol. The molecular weight excluding hydrogens is 326 g/mol.